The van der Waals surface area contributed by atoms with E-state index >= 15 is 0 Å². The molecule has 180 valence electrons. The minimum atomic E-state index is -0.415. The van der Waals surface area contributed by atoms with Crippen molar-refractivity contribution in [3.05, 3.63) is 77.2 Å². The van der Waals surface area contributed by atoms with E-state index in [0.29, 0.717) is 24.6 Å². The van der Waals surface area contributed by atoms with Crippen molar-refractivity contribution in [3.63, 3.8) is 0 Å². The molecule has 0 aliphatic rings. The van der Waals surface area contributed by atoms with Gasteiger partial charge in [0.2, 0.25) is 11.9 Å². The fraction of sp³-hybridized carbons (Fsp3) is 0.231. The normalized spacial score (nSPS) is 11.4. The SMILES string of the molecule is COc1ccc2[nH]cc(CCN=C(NC(=O)Nc3ccc(C)cc3)Nc3nc(C)cc(C)n3)c2c1. The fourth-order valence-electron chi connectivity index (χ4n) is 3.68. The molecule has 4 N–H and O–H groups in total. The highest BCUT2D eigenvalue weighted by molar-refractivity contribution is 6.07. The van der Waals surface area contributed by atoms with Crippen molar-refractivity contribution in [2.24, 2.45) is 4.99 Å². The van der Waals surface area contributed by atoms with E-state index in [1.807, 2.05) is 75.5 Å². The first kappa shape index (κ1) is 23.7. The number of fused-ring (bicyclic) bond motifs is 1. The number of hydrogen-bond acceptors (Lipinski definition) is 5. The first-order valence-electron chi connectivity index (χ1n) is 11.3. The van der Waals surface area contributed by atoms with Crippen LogP contribution in [-0.4, -0.2) is 40.6 Å². The van der Waals surface area contributed by atoms with Gasteiger partial charge in [0.1, 0.15) is 5.75 Å². The van der Waals surface area contributed by atoms with Gasteiger partial charge in [-0.05, 0) is 69.2 Å². The number of nitrogens with one attached hydrogen (secondary N) is 4. The van der Waals surface area contributed by atoms with Gasteiger partial charge < -0.3 is 15.0 Å². The molecule has 0 unspecified atom stereocenters. The maximum absolute atomic E-state index is 12.7. The Morgan fingerprint density at radius 1 is 1.00 bits per heavy atom. The van der Waals surface area contributed by atoms with Gasteiger partial charge in [-0.25, -0.2) is 14.8 Å². The van der Waals surface area contributed by atoms with E-state index in [1.165, 1.54) is 0 Å². The van der Waals surface area contributed by atoms with Crippen molar-refractivity contribution in [1.82, 2.24) is 20.3 Å². The molecule has 2 aromatic carbocycles. The number of H-pyrrole nitrogens is 1. The topological polar surface area (TPSA) is 116 Å². The van der Waals surface area contributed by atoms with Crippen LogP contribution in [0.25, 0.3) is 10.9 Å². The Morgan fingerprint density at radius 3 is 2.46 bits per heavy atom. The third-order valence-corrected chi connectivity index (χ3v) is 5.38. The number of benzene rings is 2. The second kappa shape index (κ2) is 10.7. The van der Waals surface area contributed by atoms with Crippen molar-refractivity contribution >= 4 is 34.5 Å². The minimum absolute atomic E-state index is 0.261. The van der Waals surface area contributed by atoms with Gasteiger partial charge in [0.25, 0.3) is 0 Å². The highest BCUT2D eigenvalue weighted by Gasteiger charge is 2.10. The molecule has 0 fully saturated rings. The number of carbonyl (C=O) groups excluding carboxylic acids is 1. The number of aryl methyl sites for hydroxylation is 3. The summed E-state index contributed by atoms with van der Waals surface area (Å²) in [6.07, 6.45) is 2.63. The molecule has 35 heavy (non-hydrogen) atoms. The summed E-state index contributed by atoms with van der Waals surface area (Å²) in [5.74, 6) is 1.43. The lowest BCUT2D eigenvalue weighted by atomic mass is 10.1. The summed E-state index contributed by atoms with van der Waals surface area (Å²) in [6, 6.07) is 14.9. The van der Waals surface area contributed by atoms with Crippen LogP contribution in [0.2, 0.25) is 0 Å². The molecule has 0 saturated carbocycles. The predicted octanol–water partition coefficient (Wildman–Crippen LogP) is 4.72. The molecule has 2 amide bonds. The van der Waals surface area contributed by atoms with Crippen molar-refractivity contribution in [2.75, 3.05) is 24.3 Å². The highest BCUT2D eigenvalue weighted by Crippen LogP contribution is 2.24. The molecule has 4 rings (SSSR count). The number of guanidine groups is 1. The molecule has 0 saturated heterocycles. The number of rotatable bonds is 6. The first-order chi connectivity index (χ1) is 16.9. The van der Waals surface area contributed by atoms with E-state index < -0.39 is 6.03 Å². The largest absolute Gasteiger partial charge is 0.497 e. The summed E-state index contributed by atoms with van der Waals surface area (Å²) in [6.45, 7) is 6.20. The maximum Gasteiger partial charge on any atom is 0.326 e. The number of aliphatic imine (C=N–C) groups is 1. The molecule has 9 nitrogen and oxygen atoms in total. The molecular weight excluding hydrogens is 442 g/mol. The summed E-state index contributed by atoms with van der Waals surface area (Å²) in [5, 5.41) is 9.73. The van der Waals surface area contributed by atoms with Gasteiger partial charge in [-0.2, -0.15) is 0 Å². The zero-order valence-electron chi connectivity index (χ0n) is 20.3. The van der Waals surface area contributed by atoms with Crippen molar-refractivity contribution < 1.29 is 9.53 Å². The molecule has 2 heterocycles. The average molecular weight is 472 g/mol. The van der Waals surface area contributed by atoms with E-state index in [1.54, 1.807) is 7.11 Å². The zero-order chi connectivity index (χ0) is 24.8. The standard InChI is InChI=1S/C26H29N7O2/c1-16-5-7-20(8-6-16)31-26(34)33-24(32-25-29-17(2)13-18(3)30-25)27-12-11-19-15-28-23-10-9-21(35-4)14-22(19)23/h5-10,13-15,28H,11-12H2,1-4H3,(H3,27,29,30,31,32,33,34). The van der Waals surface area contributed by atoms with Crippen LogP contribution in [0.3, 0.4) is 0 Å². The molecule has 2 aromatic heterocycles. The Bertz CT molecular complexity index is 1340. The smallest absolute Gasteiger partial charge is 0.326 e. The number of aromatic amines is 1. The number of aromatic nitrogens is 3. The molecule has 4 aromatic rings. The number of urea groups is 1. The highest BCUT2D eigenvalue weighted by atomic mass is 16.5. The van der Waals surface area contributed by atoms with Crippen molar-refractivity contribution in [1.29, 1.82) is 0 Å². The van der Waals surface area contributed by atoms with Gasteiger partial charge in [0.05, 0.1) is 7.11 Å². The molecule has 0 radical (unpaired) electrons. The summed E-state index contributed by atoms with van der Waals surface area (Å²) in [7, 11) is 1.65. The second-order valence-electron chi connectivity index (χ2n) is 8.25. The van der Waals surface area contributed by atoms with Gasteiger partial charge in [-0.15, -0.1) is 0 Å². The monoisotopic (exact) mass is 471 g/mol. The number of carbonyl (C=O) groups is 1. The van der Waals surface area contributed by atoms with E-state index in [2.05, 4.69) is 35.9 Å². The Kier molecular flexibility index (Phi) is 7.25. The van der Waals surface area contributed by atoms with Crippen LogP contribution in [0.1, 0.15) is 22.5 Å². The van der Waals surface area contributed by atoms with Crippen molar-refractivity contribution in [2.45, 2.75) is 27.2 Å². The van der Waals surface area contributed by atoms with Gasteiger partial charge in [-0.3, -0.25) is 15.6 Å². The summed E-state index contributed by atoms with van der Waals surface area (Å²) >= 11 is 0. The zero-order valence-corrected chi connectivity index (χ0v) is 20.3. The Morgan fingerprint density at radius 2 is 1.74 bits per heavy atom. The van der Waals surface area contributed by atoms with Crippen molar-refractivity contribution in [3.8, 4) is 5.75 Å². The van der Waals surface area contributed by atoms with Crippen LogP contribution in [0.15, 0.2) is 59.7 Å². The van der Waals surface area contributed by atoms with E-state index in [-0.39, 0.29) is 5.96 Å². The number of nitrogens with zero attached hydrogens (tertiary/aromatic N) is 3. The number of anilines is 2. The van der Waals surface area contributed by atoms with Gasteiger partial charge in [0.15, 0.2) is 0 Å². The Balaban J connectivity index is 1.50. The number of hydrogen-bond donors (Lipinski definition) is 4. The van der Waals surface area contributed by atoms with Crippen LogP contribution in [0.4, 0.5) is 16.4 Å². The van der Waals surface area contributed by atoms with Crippen LogP contribution < -0.4 is 20.7 Å². The summed E-state index contributed by atoms with van der Waals surface area (Å²) in [5.41, 5.74) is 5.56. The van der Waals surface area contributed by atoms with Gasteiger partial charge >= 0.3 is 6.03 Å². The number of amides is 2. The quantitative estimate of drug-likeness (QED) is 0.240. The van der Waals surface area contributed by atoms with Gasteiger partial charge in [0, 0.05) is 40.7 Å². The molecule has 0 atom stereocenters. The van der Waals surface area contributed by atoms with Gasteiger partial charge in [-0.1, -0.05) is 17.7 Å². The lowest BCUT2D eigenvalue weighted by molar-refractivity contribution is 0.256. The lowest BCUT2D eigenvalue weighted by Crippen LogP contribution is -2.39. The third-order valence-electron chi connectivity index (χ3n) is 5.38. The molecule has 0 aliphatic carbocycles. The van der Waals surface area contributed by atoms with E-state index in [9.17, 15) is 4.79 Å². The molecule has 0 bridgehead atoms. The summed E-state index contributed by atoms with van der Waals surface area (Å²) in [4.78, 5) is 29.3. The average Bonchev–Trinajstić information content (AvgIpc) is 3.22. The van der Waals surface area contributed by atoms with E-state index in [0.717, 1.165) is 39.2 Å². The minimum Gasteiger partial charge on any atom is -0.497 e. The summed E-state index contributed by atoms with van der Waals surface area (Å²) < 4.78 is 5.35. The molecule has 0 spiro atoms. The van der Waals surface area contributed by atoms with Crippen LogP contribution in [-0.2, 0) is 6.42 Å². The third kappa shape index (κ3) is 6.35. The molecular formula is C26H29N7O2. The Labute approximate surface area is 204 Å². The first-order valence-corrected chi connectivity index (χ1v) is 11.3. The maximum atomic E-state index is 12.7. The number of methoxy groups -OCH3 is 1. The lowest BCUT2D eigenvalue weighted by Gasteiger charge is -2.12. The fourth-order valence-corrected chi connectivity index (χ4v) is 3.68. The van der Waals surface area contributed by atoms with Crippen LogP contribution in [0, 0.1) is 20.8 Å². The second-order valence-corrected chi connectivity index (χ2v) is 8.25. The number of ether oxygens (including phenoxy) is 1. The molecule has 9 heteroatoms. The van der Waals surface area contributed by atoms with E-state index in [4.69, 9.17) is 4.74 Å². The van der Waals surface area contributed by atoms with Crippen LogP contribution in [0.5, 0.6) is 5.75 Å². The Hall–Kier alpha value is -4.40. The molecule has 0 aliphatic heterocycles. The predicted molar refractivity (Wildman–Crippen MR) is 139 cm³/mol. The van der Waals surface area contributed by atoms with Crippen LogP contribution >= 0.6 is 0 Å².